The monoisotopic (exact) mass is 309 g/mol. The largest absolute Gasteiger partial charge is 0.451 e. The number of pyridine rings is 1. The highest BCUT2D eigenvalue weighted by molar-refractivity contribution is 6.31. The highest BCUT2D eigenvalue weighted by Gasteiger charge is 2.34. The van der Waals surface area contributed by atoms with Crippen molar-refractivity contribution in [2.45, 2.75) is 12.6 Å². The lowest BCUT2D eigenvalue weighted by Crippen LogP contribution is -2.10. The Bertz CT molecular complexity index is 612. The Morgan fingerprint density at radius 1 is 0.950 bits per heavy atom. The third kappa shape index (κ3) is 3.01. The standard InChI is InChI=1S/C11H5ClF5N3/c12-7-1-5(2-18-8(7)9(13)14)6-3-19-10(20-4-6)11(15,16)17/h1-4,9H. The van der Waals surface area contributed by atoms with Gasteiger partial charge in [0.2, 0.25) is 5.82 Å². The van der Waals surface area contributed by atoms with Gasteiger partial charge in [0.1, 0.15) is 5.69 Å². The molecule has 0 N–H and O–H groups in total. The molecule has 2 rings (SSSR count). The molecule has 0 fully saturated rings. The van der Waals surface area contributed by atoms with Crippen LogP contribution in [0, 0.1) is 0 Å². The molecule has 9 heteroatoms. The predicted octanol–water partition coefficient (Wildman–Crippen LogP) is 4.15. The molecule has 0 saturated carbocycles. The molecule has 2 aromatic rings. The minimum atomic E-state index is -4.64. The van der Waals surface area contributed by atoms with Gasteiger partial charge in [-0.2, -0.15) is 13.2 Å². The molecule has 0 aliphatic carbocycles. The zero-order valence-electron chi connectivity index (χ0n) is 9.50. The van der Waals surface area contributed by atoms with Crippen molar-refractivity contribution in [3.63, 3.8) is 0 Å². The fourth-order valence-electron chi connectivity index (χ4n) is 1.39. The van der Waals surface area contributed by atoms with Crippen LogP contribution < -0.4 is 0 Å². The normalized spacial score (nSPS) is 11.9. The number of halogens is 6. The number of nitrogens with zero attached hydrogens (tertiary/aromatic N) is 3. The third-order valence-electron chi connectivity index (χ3n) is 2.32. The van der Waals surface area contributed by atoms with Crippen molar-refractivity contribution in [1.29, 1.82) is 0 Å². The first-order valence-electron chi connectivity index (χ1n) is 5.12. The van der Waals surface area contributed by atoms with Gasteiger partial charge in [0.05, 0.1) is 5.02 Å². The van der Waals surface area contributed by atoms with E-state index in [9.17, 15) is 22.0 Å². The fraction of sp³-hybridized carbons (Fsp3) is 0.182. The maximum Gasteiger partial charge on any atom is 0.451 e. The van der Waals surface area contributed by atoms with E-state index in [0.29, 0.717) is 0 Å². The molecule has 0 unspecified atom stereocenters. The smallest absolute Gasteiger partial charge is 0.253 e. The van der Waals surface area contributed by atoms with Crippen molar-refractivity contribution in [3.8, 4) is 11.1 Å². The quantitative estimate of drug-likeness (QED) is 0.782. The molecule has 0 radical (unpaired) electrons. The molecule has 106 valence electrons. The van der Waals surface area contributed by atoms with E-state index in [2.05, 4.69) is 15.0 Å². The Labute approximate surface area is 114 Å². The topological polar surface area (TPSA) is 38.7 Å². The second-order valence-corrected chi connectivity index (χ2v) is 4.09. The third-order valence-corrected chi connectivity index (χ3v) is 2.62. The van der Waals surface area contributed by atoms with E-state index in [1.54, 1.807) is 0 Å². The minimum absolute atomic E-state index is 0.188. The Hall–Kier alpha value is -1.83. The van der Waals surface area contributed by atoms with Crippen molar-refractivity contribution in [3.05, 3.63) is 41.2 Å². The molecular formula is C11H5ClF5N3. The molecule has 0 aromatic carbocycles. The second-order valence-electron chi connectivity index (χ2n) is 3.68. The summed E-state index contributed by atoms with van der Waals surface area (Å²) in [5, 5.41) is -0.280. The van der Waals surface area contributed by atoms with Gasteiger partial charge < -0.3 is 0 Å². The van der Waals surface area contributed by atoms with Crippen LogP contribution in [0.3, 0.4) is 0 Å². The van der Waals surface area contributed by atoms with Crippen LogP contribution in [0.2, 0.25) is 5.02 Å². The molecule has 0 spiro atoms. The Morgan fingerprint density at radius 2 is 1.50 bits per heavy atom. The average Bonchev–Trinajstić information content (AvgIpc) is 2.37. The lowest BCUT2D eigenvalue weighted by molar-refractivity contribution is -0.144. The second kappa shape index (κ2) is 5.28. The average molecular weight is 310 g/mol. The molecule has 0 atom stereocenters. The molecular weight excluding hydrogens is 305 g/mol. The Morgan fingerprint density at radius 3 is 1.95 bits per heavy atom. The van der Waals surface area contributed by atoms with Gasteiger partial charge in [-0.15, -0.1) is 0 Å². The molecule has 0 bridgehead atoms. The van der Waals surface area contributed by atoms with E-state index in [1.807, 2.05) is 0 Å². The number of rotatable bonds is 2. The summed E-state index contributed by atoms with van der Waals surface area (Å²) in [7, 11) is 0. The number of alkyl halides is 5. The maximum atomic E-state index is 12.4. The zero-order valence-corrected chi connectivity index (χ0v) is 10.3. The van der Waals surface area contributed by atoms with Gasteiger partial charge in [-0.05, 0) is 6.07 Å². The summed E-state index contributed by atoms with van der Waals surface area (Å²) < 4.78 is 61.8. The lowest BCUT2D eigenvalue weighted by Gasteiger charge is -2.07. The SMILES string of the molecule is FC(F)c1ncc(-c2cnc(C(F)(F)F)nc2)cc1Cl. The van der Waals surface area contributed by atoms with Gasteiger partial charge in [-0.3, -0.25) is 4.98 Å². The van der Waals surface area contributed by atoms with Gasteiger partial charge in [0.15, 0.2) is 0 Å². The van der Waals surface area contributed by atoms with Gasteiger partial charge in [0.25, 0.3) is 6.43 Å². The molecule has 0 saturated heterocycles. The molecule has 20 heavy (non-hydrogen) atoms. The Kier molecular flexibility index (Phi) is 3.85. The van der Waals surface area contributed by atoms with E-state index in [0.717, 1.165) is 18.6 Å². The molecule has 3 nitrogen and oxygen atoms in total. The van der Waals surface area contributed by atoms with E-state index >= 15 is 0 Å². The van der Waals surface area contributed by atoms with Crippen molar-refractivity contribution in [2.75, 3.05) is 0 Å². The number of hydrogen-bond acceptors (Lipinski definition) is 3. The van der Waals surface area contributed by atoms with Crippen molar-refractivity contribution < 1.29 is 22.0 Å². The Balaban J connectivity index is 2.35. The van der Waals surface area contributed by atoms with Gasteiger partial charge in [-0.1, -0.05) is 11.6 Å². The molecule has 2 heterocycles. The van der Waals surface area contributed by atoms with E-state index in [4.69, 9.17) is 11.6 Å². The fourth-order valence-corrected chi connectivity index (χ4v) is 1.64. The first kappa shape index (κ1) is 14.6. The zero-order chi connectivity index (χ0) is 14.9. The van der Waals surface area contributed by atoms with Crippen molar-refractivity contribution in [2.24, 2.45) is 0 Å². The van der Waals surface area contributed by atoms with E-state index in [1.165, 1.54) is 6.07 Å². The van der Waals surface area contributed by atoms with Crippen LogP contribution in [-0.4, -0.2) is 15.0 Å². The molecule has 0 aliphatic rings. The van der Waals surface area contributed by atoms with Crippen LogP contribution in [0.4, 0.5) is 22.0 Å². The van der Waals surface area contributed by atoms with E-state index in [-0.39, 0.29) is 16.1 Å². The van der Waals surface area contributed by atoms with Crippen molar-refractivity contribution in [1.82, 2.24) is 15.0 Å². The van der Waals surface area contributed by atoms with Gasteiger partial charge in [0, 0.05) is 29.7 Å². The number of aromatic nitrogens is 3. The summed E-state index contributed by atoms with van der Waals surface area (Å²) in [5.41, 5.74) is -0.162. The summed E-state index contributed by atoms with van der Waals surface area (Å²) in [6.45, 7) is 0. The summed E-state index contributed by atoms with van der Waals surface area (Å²) in [4.78, 5) is 9.78. The minimum Gasteiger partial charge on any atom is -0.253 e. The van der Waals surface area contributed by atoms with Crippen LogP contribution in [-0.2, 0) is 6.18 Å². The molecule has 0 aliphatic heterocycles. The first-order valence-corrected chi connectivity index (χ1v) is 5.50. The summed E-state index contributed by atoms with van der Waals surface area (Å²) in [5.74, 6) is -1.29. The van der Waals surface area contributed by atoms with Crippen molar-refractivity contribution >= 4 is 11.6 Å². The van der Waals surface area contributed by atoms with E-state index < -0.39 is 24.1 Å². The summed E-state index contributed by atoms with van der Waals surface area (Å²) in [6, 6.07) is 1.17. The highest BCUT2D eigenvalue weighted by Crippen LogP contribution is 2.30. The molecule has 0 amide bonds. The molecule has 2 aromatic heterocycles. The van der Waals surface area contributed by atoms with Crippen LogP contribution in [0.5, 0.6) is 0 Å². The lowest BCUT2D eigenvalue weighted by atomic mass is 10.1. The maximum absolute atomic E-state index is 12.4. The van der Waals surface area contributed by atoms with Crippen LogP contribution in [0.1, 0.15) is 17.9 Å². The van der Waals surface area contributed by atoms with Crippen LogP contribution in [0.15, 0.2) is 24.7 Å². The van der Waals surface area contributed by atoms with Gasteiger partial charge in [-0.25, -0.2) is 18.7 Å². The summed E-state index contributed by atoms with van der Waals surface area (Å²) >= 11 is 5.61. The number of hydrogen-bond donors (Lipinski definition) is 0. The summed E-state index contributed by atoms with van der Waals surface area (Å²) in [6.07, 6.45) is -4.57. The highest BCUT2D eigenvalue weighted by atomic mass is 35.5. The predicted molar refractivity (Wildman–Crippen MR) is 60.2 cm³/mol. The first-order chi connectivity index (χ1) is 9.29. The van der Waals surface area contributed by atoms with Crippen LogP contribution in [0.25, 0.3) is 11.1 Å². The van der Waals surface area contributed by atoms with Gasteiger partial charge >= 0.3 is 6.18 Å². The van der Waals surface area contributed by atoms with Crippen LogP contribution >= 0.6 is 11.6 Å².